The van der Waals surface area contributed by atoms with Crippen LogP contribution in [0.3, 0.4) is 0 Å². The van der Waals surface area contributed by atoms with Crippen molar-refractivity contribution in [3.8, 4) is 0 Å². The third-order valence-corrected chi connectivity index (χ3v) is 0.983. The van der Waals surface area contributed by atoms with Crippen LogP contribution < -0.4 is 11.1 Å². The van der Waals surface area contributed by atoms with Crippen LogP contribution in [0.2, 0.25) is 0 Å². The van der Waals surface area contributed by atoms with Crippen molar-refractivity contribution in [1.82, 2.24) is 5.32 Å². The van der Waals surface area contributed by atoms with Crippen molar-refractivity contribution in [3.63, 3.8) is 0 Å². The summed E-state index contributed by atoms with van der Waals surface area (Å²) in [5.74, 6) is 0. The van der Waals surface area contributed by atoms with Crippen molar-refractivity contribution >= 4 is 0 Å². The Balaban J connectivity index is 2.75. The Labute approximate surface area is 55.6 Å². The Morgan fingerprint density at radius 2 is 2.33 bits per heavy atom. The molecular formula is C6H15FN2. The predicted octanol–water partition coefficient (Wildman–Crippen LogP) is 0.283. The normalized spacial score (nSPS) is 13.7. The zero-order valence-corrected chi connectivity index (χ0v) is 5.86. The van der Waals surface area contributed by atoms with Gasteiger partial charge in [0.2, 0.25) is 0 Å². The molecule has 0 aliphatic heterocycles. The summed E-state index contributed by atoms with van der Waals surface area (Å²) in [6, 6.07) is 0. The van der Waals surface area contributed by atoms with Gasteiger partial charge in [0.05, 0.1) is 0 Å². The Kier molecular flexibility index (Phi) is 5.88. The molecule has 1 unspecified atom stereocenters. The molecule has 0 radical (unpaired) electrons. The first-order valence-corrected chi connectivity index (χ1v) is 3.32. The van der Waals surface area contributed by atoms with E-state index in [9.17, 15) is 4.39 Å². The van der Waals surface area contributed by atoms with Crippen molar-refractivity contribution in [2.24, 2.45) is 5.73 Å². The van der Waals surface area contributed by atoms with E-state index in [0.717, 1.165) is 13.0 Å². The van der Waals surface area contributed by atoms with E-state index in [1.807, 2.05) is 0 Å². The van der Waals surface area contributed by atoms with Gasteiger partial charge in [-0.2, -0.15) is 0 Å². The number of nitrogens with two attached hydrogens (primary N) is 1. The topological polar surface area (TPSA) is 38.0 Å². The molecule has 0 heterocycles. The molecule has 0 bridgehead atoms. The van der Waals surface area contributed by atoms with E-state index in [2.05, 4.69) is 5.32 Å². The molecule has 0 aromatic carbocycles. The molecule has 0 aliphatic carbocycles. The first-order valence-electron chi connectivity index (χ1n) is 3.32. The quantitative estimate of drug-likeness (QED) is 0.530. The van der Waals surface area contributed by atoms with Crippen molar-refractivity contribution < 1.29 is 4.39 Å². The number of halogens is 1. The van der Waals surface area contributed by atoms with Crippen LogP contribution in [0.15, 0.2) is 0 Å². The zero-order valence-electron chi connectivity index (χ0n) is 5.86. The minimum absolute atomic E-state index is 0.444. The third kappa shape index (κ3) is 7.85. The maximum atomic E-state index is 12.0. The molecule has 3 heteroatoms. The van der Waals surface area contributed by atoms with Crippen LogP contribution in [0.4, 0.5) is 4.39 Å². The second kappa shape index (κ2) is 5.98. The zero-order chi connectivity index (χ0) is 7.11. The van der Waals surface area contributed by atoms with Crippen LogP contribution >= 0.6 is 0 Å². The Morgan fingerprint density at radius 1 is 1.67 bits per heavy atom. The maximum Gasteiger partial charge on any atom is 0.110 e. The monoisotopic (exact) mass is 134 g/mol. The highest BCUT2D eigenvalue weighted by molar-refractivity contribution is 4.52. The summed E-state index contributed by atoms with van der Waals surface area (Å²) in [7, 11) is 0. The summed E-state index contributed by atoms with van der Waals surface area (Å²) >= 11 is 0. The molecule has 1 atom stereocenters. The first-order chi connectivity index (χ1) is 4.27. The molecule has 0 amide bonds. The van der Waals surface area contributed by atoms with Gasteiger partial charge in [-0.25, -0.2) is 4.39 Å². The largest absolute Gasteiger partial charge is 0.330 e. The van der Waals surface area contributed by atoms with Crippen LogP contribution in [-0.2, 0) is 0 Å². The van der Waals surface area contributed by atoms with Gasteiger partial charge in [-0.1, -0.05) is 0 Å². The van der Waals surface area contributed by atoms with E-state index in [0.29, 0.717) is 13.1 Å². The van der Waals surface area contributed by atoms with Crippen LogP contribution in [0.1, 0.15) is 13.3 Å². The van der Waals surface area contributed by atoms with Gasteiger partial charge >= 0.3 is 0 Å². The Bertz CT molecular complexity index is 57.0. The molecule has 3 N–H and O–H groups in total. The molecule has 0 saturated carbocycles. The van der Waals surface area contributed by atoms with E-state index < -0.39 is 6.17 Å². The average molecular weight is 134 g/mol. The van der Waals surface area contributed by atoms with Crippen LogP contribution in [0.25, 0.3) is 0 Å². The number of hydrogen-bond acceptors (Lipinski definition) is 2. The lowest BCUT2D eigenvalue weighted by atomic mass is 10.4. The smallest absolute Gasteiger partial charge is 0.110 e. The van der Waals surface area contributed by atoms with E-state index in [1.54, 1.807) is 0 Å². The van der Waals surface area contributed by atoms with Gasteiger partial charge in [0.25, 0.3) is 0 Å². The minimum Gasteiger partial charge on any atom is -0.330 e. The number of hydrogen-bond donors (Lipinski definition) is 2. The number of rotatable bonds is 5. The molecule has 0 fully saturated rings. The summed E-state index contributed by atoms with van der Waals surface area (Å²) < 4.78 is 12.0. The van der Waals surface area contributed by atoms with Gasteiger partial charge < -0.3 is 11.1 Å². The van der Waals surface area contributed by atoms with E-state index >= 15 is 0 Å². The van der Waals surface area contributed by atoms with Gasteiger partial charge in [-0.05, 0) is 26.4 Å². The average Bonchev–Trinajstić information content (AvgIpc) is 1.80. The lowest BCUT2D eigenvalue weighted by Gasteiger charge is -2.02. The molecule has 9 heavy (non-hydrogen) atoms. The molecule has 0 spiro atoms. The molecule has 0 aromatic rings. The fourth-order valence-electron chi connectivity index (χ4n) is 0.528. The Morgan fingerprint density at radius 3 is 2.78 bits per heavy atom. The standard InChI is InChI=1S/C6H15FN2/c1-6(7)5-9-4-2-3-8/h6,9H,2-5,8H2,1H3. The van der Waals surface area contributed by atoms with Gasteiger partial charge in [0.1, 0.15) is 6.17 Å². The van der Waals surface area contributed by atoms with Gasteiger partial charge in [0, 0.05) is 6.54 Å². The van der Waals surface area contributed by atoms with E-state index in [-0.39, 0.29) is 0 Å². The molecule has 0 rings (SSSR count). The summed E-state index contributed by atoms with van der Waals surface area (Å²) in [4.78, 5) is 0. The highest BCUT2D eigenvalue weighted by atomic mass is 19.1. The lowest BCUT2D eigenvalue weighted by Crippen LogP contribution is -2.24. The third-order valence-electron chi connectivity index (χ3n) is 0.983. The van der Waals surface area contributed by atoms with Crippen LogP contribution in [0.5, 0.6) is 0 Å². The first kappa shape index (κ1) is 8.85. The van der Waals surface area contributed by atoms with Gasteiger partial charge in [-0.15, -0.1) is 0 Å². The molecule has 0 saturated heterocycles. The van der Waals surface area contributed by atoms with Gasteiger partial charge in [-0.3, -0.25) is 0 Å². The van der Waals surface area contributed by atoms with Crippen molar-refractivity contribution in [2.45, 2.75) is 19.5 Å². The van der Waals surface area contributed by atoms with Crippen molar-refractivity contribution in [1.29, 1.82) is 0 Å². The van der Waals surface area contributed by atoms with E-state index in [1.165, 1.54) is 6.92 Å². The van der Waals surface area contributed by atoms with Crippen molar-refractivity contribution in [3.05, 3.63) is 0 Å². The molecule has 56 valence electrons. The maximum absolute atomic E-state index is 12.0. The predicted molar refractivity (Wildman–Crippen MR) is 37.1 cm³/mol. The fraction of sp³-hybridized carbons (Fsp3) is 1.00. The number of nitrogens with one attached hydrogen (secondary N) is 1. The van der Waals surface area contributed by atoms with E-state index in [4.69, 9.17) is 5.73 Å². The molecule has 0 aromatic heterocycles. The fourth-order valence-corrected chi connectivity index (χ4v) is 0.528. The van der Waals surface area contributed by atoms with Crippen LogP contribution in [0, 0.1) is 0 Å². The van der Waals surface area contributed by atoms with Gasteiger partial charge in [0.15, 0.2) is 0 Å². The highest BCUT2D eigenvalue weighted by Crippen LogP contribution is 1.82. The highest BCUT2D eigenvalue weighted by Gasteiger charge is 1.93. The molecular weight excluding hydrogens is 119 g/mol. The summed E-state index contributed by atoms with van der Waals surface area (Å²) in [6.45, 7) is 3.48. The van der Waals surface area contributed by atoms with Crippen molar-refractivity contribution in [2.75, 3.05) is 19.6 Å². The molecule has 0 aliphatic rings. The SMILES string of the molecule is CC(F)CNCCCN. The summed E-state index contributed by atoms with van der Waals surface area (Å²) in [6.07, 6.45) is 0.176. The second-order valence-corrected chi connectivity index (χ2v) is 2.13. The Hall–Kier alpha value is -0.150. The second-order valence-electron chi connectivity index (χ2n) is 2.13. The van der Waals surface area contributed by atoms with Crippen LogP contribution in [-0.4, -0.2) is 25.8 Å². The summed E-state index contributed by atoms with van der Waals surface area (Å²) in [5, 5.41) is 2.93. The minimum atomic E-state index is -0.747. The lowest BCUT2D eigenvalue weighted by molar-refractivity contribution is 0.345. The molecule has 2 nitrogen and oxygen atoms in total. The number of alkyl halides is 1. The summed E-state index contributed by atoms with van der Waals surface area (Å²) in [5.41, 5.74) is 5.21.